The fraction of sp³-hybridized carbons (Fsp3) is 0.786. The minimum atomic E-state index is 0. The fourth-order valence-corrected chi connectivity index (χ4v) is 3.22. The minimum absolute atomic E-state index is 0. The predicted octanol–water partition coefficient (Wildman–Crippen LogP) is -2.97. The van der Waals surface area contributed by atoms with Gasteiger partial charge in [-0.1, -0.05) is 0 Å². The largest absolute Gasteiger partial charge is 1.00 e. The first-order valence-corrected chi connectivity index (χ1v) is 8.32. The van der Waals surface area contributed by atoms with Gasteiger partial charge in [-0.2, -0.15) is 5.10 Å². The van der Waals surface area contributed by atoms with Gasteiger partial charge in [0.25, 0.3) is 0 Å². The monoisotopic (exact) mass is 363 g/mol. The Balaban J connectivity index is 0.00000192. The smallest absolute Gasteiger partial charge is 0.740 e. The van der Waals surface area contributed by atoms with Crippen molar-refractivity contribution in [3.63, 3.8) is 0 Å². The van der Waals surface area contributed by atoms with Gasteiger partial charge in [0.1, 0.15) is 0 Å². The zero-order valence-corrected chi connectivity index (χ0v) is 17.7. The van der Waals surface area contributed by atoms with E-state index in [4.69, 9.17) is 17.4 Å². The molecule has 0 spiro atoms. The molecule has 0 bridgehead atoms. The van der Waals surface area contributed by atoms with Gasteiger partial charge in [-0.25, -0.2) is 0 Å². The van der Waals surface area contributed by atoms with E-state index in [0.717, 1.165) is 64.6 Å². The maximum Gasteiger partial charge on any atom is 1.00 e. The van der Waals surface area contributed by atoms with Gasteiger partial charge in [-0.15, -0.1) is 5.10 Å². The zero-order valence-electron chi connectivity index (χ0n) is 13.7. The first kappa shape index (κ1) is 19.7. The SMILES string of the molecule is O=C1CCCN1Cc1nnc([S-])n1CCCN1CCOCC1.[K+]. The number of ether oxygens (including phenoxy) is 1. The maximum atomic E-state index is 11.7. The van der Waals surface area contributed by atoms with E-state index in [1.54, 1.807) is 0 Å². The Morgan fingerprint density at radius 2 is 1.91 bits per heavy atom. The molecule has 23 heavy (non-hydrogen) atoms. The van der Waals surface area contributed by atoms with Crippen LogP contribution in [-0.2, 0) is 35.2 Å². The van der Waals surface area contributed by atoms with Gasteiger partial charge in [0.15, 0.2) is 5.82 Å². The standard InChI is InChI=1S/C14H23N5O2S.K/c20-13-3-1-5-18(13)11-12-15-16-14(22)19(12)6-2-4-17-7-9-21-10-8-17;/h1-11H2,(H,16,22);/q;+1/p-1. The molecule has 0 unspecified atom stereocenters. The number of hydrogen-bond acceptors (Lipinski definition) is 6. The van der Waals surface area contributed by atoms with Crippen LogP contribution in [0.5, 0.6) is 0 Å². The molecule has 0 aliphatic carbocycles. The summed E-state index contributed by atoms with van der Waals surface area (Å²) in [5, 5.41) is 8.68. The number of likely N-dealkylation sites (tertiary alicyclic amines) is 1. The third-order valence-electron chi connectivity index (χ3n) is 4.26. The Labute approximate surface area is 184 Å². The van der Waals surface area contributed by atoms with Gasteiger partial charge in [0, 0.05) is 44.3 Å². The van der Waals surface area contributed by atoms with Crippen LogP contribution in [-0.4, -0.2) is 69.9 Å². The molecule has 7 nitrogen and oxygen atoms in total. The molecule has 0 atom stereocenters. The van der Waals surface area contributed by atoms with Gasteiger partial charge in [0.05, 0.1) is 19.8 Å². The van der Waals surface area contributed by atoms with E-state index in [1.165, 1.54) is 0 Å². The summed E-state index contributed by atoms with van der Waals surface area (Å²) < 4.78 is 7.33. The van der Waals surface area contributed by atoms with Crippen molar-refractivity contribution in [3.05, 3.63) is 5.82 Å². The van der Waals surface area contributed by atoms with Crippen LogP contribution in [0, 0.1) is 0 Å². The number of morpholine rings is 1. The summed E-state index contributed by atoms with van der Waals surface area (Å²) in [5.41, 5.74) is 0. The maximum absolute atomic E-state index is 11.7. The second kappa shape index (κ2) is 9.76. The quantitative estimate of drug-likeness (QED) is 0.397. The average molecular weight is 364 g/mol. The van der Waals surface area contributed by atoms with Crippen molar-refractivity contribution in [1.29, 1.82) is 0 Å². The van der Waals surface area contributed by atoms with Crippen LogP contribution in [0.15, 0.2) is 5.16 Å². The number of carbonyl (C=O) groups excluding carboxylic acids is 1. The van der Waals surface area contributed by atoms with Gasteiger partial charge in [-0.05, 0) is 12.8 Å². The molecule has 2 fully saturated rings. The van der Waals surface area contributed by atoms with E-state index in [-0.39, 0.29) is 57.3 Å². The molecule has 9 heteroatoms. The average Bonchev–Trinajstić information content (AvgIpc) is 3.09. The Morgan fingerprint density at radius 1 is 1.13 bits per heavy atom. The van der Waals surface area contributed by atoms with Crippen LogP contribution in [0.4, 0.5) is 0 Å². The van der Waals surface area contributed by atoms with Crippen molar-refractivity contribution in [3.8, 4) is 0 Å². The first-order valence-electron chi connectivity index (χ1n) is 7.91. The Morgan fingerprint density at radius 3 is 2.61 bits per heavy atom. The molecule has 1 aromatic heterocycles. The van der Waals surface area contributed by atoms with Crippen LogP contribution in [0.3, 0.4) is 0 Å². The molecular weight excluding hydrogens is 341 g/mol. The van der Waals surface area contributed by atoms with Crippen LogP contribution in [0.1, 0.15) is 25.1 Å². The molecular formula is C14H22KN5O2S. The second-order valence-corrected chi connectivity index (χ2v) is 6.14. The van der Waals surface area contributed by atoms with E-state index in [9.17, 15) is 4.79 Å². The Kier molecular flexibility index (Phi) is 8.36. The van der Waals surface area contributed by atoms with Crippen molar-refractivity contribution in [1.82, 2.24) is 24.6 Å². The summed E-state index contributed by atoms with van der Waals surface area (Å²) in [5.74, 6) is 1.01. The molecule has 0 radical (unpaired) electrons. The summed E-state index contributed by atoms with van der Waals surface area (Å²) in [6.45, 7) is 6.81. The van der Waals surface area contributed by atoms with Crippen molar-refractivity contribution in [2.24, 2.45) is 0 Å². The number of hydrogen-bond donors (Lipinski definition) is 0. The predicted molar refractivity (Wildman–Crippen MR) is 82.2 cm³/mol. The number of rotatable bonds is 6. The third kappa shape index (κ3) is 5.43. The van der Waals surface area contributed by atoms with Gasteiger partial charge in [-0.3, -0.25) is 9.69 Å². The van der Waals surface area contributed by atoms with E-state index in [2.05, 4.69) is 15.1 Å². The number of aromatic nitrogens is 3. The van der Waals surface area contributed by atoms with Gasteiger partial charge < -0.3 is 26.8 Å². The molecule has 0 aromatic carbocycles. The zero-order chi connectivity index (χ0) is 15.4. The third-order valence-corrected chi connectivity index (χ3v) is 4.56. The van der Waals surface area contributed by atoms with E-state index in [0.29, 0.717) is 18.1 Å². The number of amides is 1. The molecule has 1 aromatic rings. The van der Waals surface area contributed by atoms with E-state index < -0.39 is 0 Å². The van der Waals surface area contributed by atoms with Gasteiger partial charge >= 0.3 is 51.4 Å². The number of carbonyl (C=O) groups is 1. The van der Waals surface area contributed by atoms with Crippen LogP contribution < -0.4 is 51.4 Å². The van der Waals surface area contributed by atoms with Crippen LogP contribution in [0.25, 0.3) is 0 Å². The summed E-state index contributed by atoms with van der Waals surface area (Å²) in [6.07, 6.45) is 2.58. The molecule has 0 N–H and O–H groups in total. The minimum Gasteiger partial charge on any atom is -0.740 e. The van der Waals surface area contributed by atoms with Gasteiger partial charge in [0.2, 0.25) is 5.91 Å². The van der Waals surface area contributed by atoms with Crippen molar-refractivity contribution in [2.45, 2.75) is 37.5 Å². The molecule has 2 aliphatic rings. The van der Waals surface area contributed by atoms with Crippen LogP contribution >= 0.6 is 0 Å². The fourth-order valence-electron chi connectivity index (χ4n) is 2.98. The van der Waals surface area contributed by atoms with E-state index >= 15 is 0 Å². The summed E-state index contributed by atoms with van der Waals surface area (Å²) in [4.78, 5) is 16.0. The molecule has 0 saturated carbocycles. The summed E-state index contributed by atoms with van der Waals surface area (Å²) in [6, 6.07) is 0. The van der Waals surface area contributed by atoms with Crippen molar-refractivity contribution >= 4 is 18.5 Å². The summed E-state index contributed by atoms with van der Waals surface area (Å²) in [7, 11) is 0. The molecule has 1 amide bonds. The molecule has 122 valence electrons. The number of nitrogens with zero attached hydrogens (tertiary/aromatic N) is 5. The Hall–Kier alpha value is 0.386. The molecule has 3 heterocycles. The normalized spacial score (nSPS) is 19.1. The van der Waals surface area contributed by atoms with Crippen molar-refractivity contribution in [2.75, 3.05) is 39.4 Å². The molecule has 3 rings (SSSR count). The molecule has 2 aliphatic heterocycles. The first-order chi connectivity index (χ1) is 10.7. The summed E-state index contributed by atoms with van der Waals surface area (Å²) >= 11 is 5.27. The topological polar surface area (TPSA) is 63.5 Å². The Bertz CT molecular complexity index is 521. The van der Waals surface area contributed by atoms with Crippen molar-refractivity contribution < 1.29 is 60.9 Å². The van der Waals surface area contributed by atoms with Crippen LogP contribution in [0.2, 0.25) is 0 Å². The van der Waals surface area contributed by atoms with E-state index in [1.807, 2.05) is 9.47 Å². The second-order valence-electron chi connectivity index (χ2n) is 5.78. The molecule has 2 saturated heterocycles.